The first-order chi connectivity index (χ1) is 45.8. The van der Waals surface area contributed by atoms with Crippen LogP contribution in [0.2, 0.25) is 0 Å². The van der Waals surface area contributed by atoms with Crippen LogP contribution in [-0.4, -0.2) is 21.9 Å². The quantitative estimate of drug-likeness (QED) is 0.106. The molecule has 0 saturated heterocycles. The van der Waals surface area contributed by atoms with Crippen molar-refractivity contribution in [2.24, 2.45) is 23.2 Å². The Morgan fingerprint density at radius 3 is 1.52 bits per heavy atom. The molecule has 0 bridgehead atoms. The number of anilines is 5. The summed E-state index contributed by atoms with van der Waals surface area (Å²) in [4.78, 5) is 5.81. The molecule has 4 atom stereocenters. The highest BCUT2D eigenvalue weighted by atomic mass is 15.2. The van der Waals surface area contributed by atoms with Crippen LogP contribution in [0, 0.1) is 23.2 Å². The highest BCUT2D eigenvalue weighted by Crippen LogP contribution is 2.56. The Morgan fingerprint density at radius 2 is 1.02 bits per heavy atom. The highest BCUT2D eigenvalue weighted by Gasteiger charge is 2.50. The lowest BCUT2D eigenvalue weighted by Gasteiger charge is -2.53. The van der Waals surface area contributed by atoms with Gasteiger partial charge in [0.2, 0.25) is 0 Å². The van der Waals surface area contributed by atoms with Gasteiger partial charge in [-0.25, -0.2) is 0 Å². The first kappa shape index (κ1) is 58.5. The van der Waals surface area contributed by atoms with E-state index >= 15 is 0 Å². The molecule has 17 rings (SSSR count). The second-order valence-electron chi connectivity index (χ2n) is 30.3. The topological polar surface area (TPSA) is 16.3 Å². The Labute approximate surface area is 556 Å². The summed E-state index contributed by atoms with van der Waals surface area (Å²) in [5, 5.41) is 5.09. The maximum absolute atomic E-state index is 3.02. The Balaban J connectivity index is 1.03. The molecule has 10 aromatic carbocycles. The Kier molecular flexibility index (Phi) is 14.1. The average molecular weight is 1220 g/mol. The summed E-state index contributed by atoms with van der Waals surface area (Å²) in [6.07, 6.45) is 19.9. The molecular formula is C89H85BN4. The fraction of sp³-hybridized carbons (Fsp3) is 0.258. The summed E-state index contributed by atoms with van der Waals surface area (Å²) >= 11 is 0. The minimum Gasteiger partial charge on any atom is -0.334 e. The van der Waals surface area contributed by atoms with E-state index < -0.39 is 0 Å². The minimum absolute atomic E-state index is 0.0809. The minimum atomic E-state index is -0.144. The Hall–Kier alpha value is -9.32. The zero-order valence-corrected chi connectivity index (χ0v) is 56.0. The monoisotopic (exact) mass is 1220 g/mol. The average Bonchev–Trinajstić information content (AvgIpc) is 0.812. The summed E-state index contributed by atoms with van der Waals surface area (Å²) in [6.45, 7) is 19.4. The molecule has 2 aliphatic heterocycles. The number of nitrogens with zero attached hydrogens (tertiary/aromatic N) is 4. The highest BCUT2D eigenvalue weighted by molar-refractivity contribution is 7.00. The lowest BCUT2D eigenvalue weighted by molar-refractivity contribution is 0.220. The molecule has 0 N–H and O–H groups in total. The SMILES string of the molecule is CC(C)c1cc2c3c(c1)N(C1C(C4CC=CCC4)=CC(C(C)(C)C)CC1C1=CCCCC1)c1cc(-n4c5ccccc5c5ccccc54)ccc1B3c1ccc(-n3c4ccccc4c4ccccc43)cc1N2c1c(-c2ccccc2)cc(C(C)(C)C)cc1-c1ccccc1. The van der Waals surface area contributed by atoms with E-state index in [4.69, 9.17) is 0 Å². The summed E-state index contributed by atoms with van der Waals surface area (Å²) in [5.74, 6) is 1.40. The first-order valence-electron chi connectivity index (χ1n) is 35.1. The van der Waals surface area contributed by atoms with Crippen molar-refractivity contribution >= 4 is 95.1 Å². The van der Waals surface area contributed by atoms with Crippen LogP contribution in [-0.2, 0) is 5.41 Å². The van der Waals surface area contributed by atoms with Crippen LogP contribution in [0.1, 0.15) is 124 Å². The largest absolute Gasteiger partial charge is 0.334 e. The molecule has 5 heteroatoms. The van der Waals surface area contributed by atoms with Gasteiger partial charge in [0.1, 0.15) is 0 Å². The van der Waals surface area contributed by atoms with E-state index in [1.54, 1.807) is 11.1 Å². The molecule has 4 nitrogen and oxygen atoms in total. The number of para-hydroxylation sites is 4. The van der Waals surface area contributed by atoms with Gasteiger partial charge in [-0.05, 0) is 197 Å². The standard InChI is InChI=1S/C89H85BN4/c1-57(2)62-49-83-85-84(50-62)94(87-73(60-33-17-11-18-34-60)53-64(89(6,7)8)54-74(87)61-35-19-12-20-36-61)82-56-66(92-79-43-27-23-39-69(79)70-40-24-28-44-80(70)92)46-48-76(82)90(85)75-47-45-65(91-77-41-25-21-37-67(77)68-38-22-26-42-78(68)91)55-81(75)93(83)86-71(58-29-13-9-14-30-58)51-63(88(3,4)5)52-72(86)59-31-15-10-16-32-59/h9-11,13-17,21-32,35,37-53,55-57,60,64,74,87H,12,18-20,33-34,36,54H2,1-8H3. The van der Waals surface area contributed by atoms with Crippen LogP contribution < -0.4 is 26.2 Å². The van der Waals surface area contributed by atoms with E-state index in [1.165, 1.54) is 147 Å². The van der Waals surface area contributed by atoms with Crippen LogP contribution in [0.4, 0.5) is 28.4 Å². The van der Waals surface area contributed by atoms with Crippen LogP contribution in [0.5, 0.6) is 0 Å². The van der Waals surface area contributed by atoms with Gasteiger partial charge in [0, 0.05) is 72.7 Å². The maximum atomic E-state index is 3.02. The van der Waals surface area contributed by atoms with Crippen LogP contribution in [0.3, 0.4) is 0 Å². The van der Waals surface area contributed by atoms with Crippen molar-refractivity contribution in [3.05, 3.63) is 265 Å². The molecule has 4 unspecified atom stereocenters. The molecule has 5 aliphatic rings. The van der Waals surface area contributed by atoms with Gasteiger partial charge in [-0.15, -0.1) is 0 Å². The third-order valence-electron chi connectivity index (χ3n) is 22.4. The number of benzene rings is 10. The van der Waals surface area contributed by atoms with Crippen molar-refractivity contribution < 1.29 is 0 Å². The molecule has 0 amide bonds. The van der Waals surface area contributed by atoms with Gasteiger partial charge >= 0.3 is 0 Å². The van der Waals surface area contributed by atoms with Crippen LogP contribution in [0.15, 0.2) is 254 Å². The van der Waals surface area contributed by atoms with Crippen molar-refractivity contribution in [1.29, 1.82) is 0 Å². The zero-order chi connectivity index (χ0) is 63.7. The Bertz CT molecular complexity index is 4910. The van der Waals surface area contributed by atoms with Crippen molar-refractivity contribution in [3.63, 3.8) is 0 Å². The molecule has 12 aromatic rings. The van der Waals surface area contributed by atoms with Gasteiger partial charge in [-0.2, -0.15) is 0 Å². The molecule has 0 saturated carbocycles. The van der Waals surface area contributed by atoms with E-state index in [9.17, 15) is 0 Å². The van der Waals surface area contributed by atoms with E-state index in [0.717, 1.165) is 37.8 Å². The predicted octanol–water partition coefficient (Wildman–Crippen LogP) is 22.2. The van der Waals surface area contributed by atoms with Crippen molar-refractivity contribution in [2.75, 3.05) is 9.80 Å². The third kappa shape index (κ3) is 9.52. The smallest absolute Gasteiger partial charge is 0.252 e. The molecular weight excluding hydrogens is 1140 g/mol. The maximum Gasteiger partial charge on any atom is 0.252 e. The number of aromatic nitrogens is 2. The lowest BCUT2D eigenvalue weighted by Crippen LogP contribution is -2.64. The van der Waals surface area contributed by atoms with E-state index in [0.29, 0.717) is 17.8 Å². The lowest BCUT2D eigenvalue weighted by atomic mass is 9.33. The van der Waals surface area contributed by atoms with Crippen LogP contribution in [0.25, 0.3) is 77.2 Å². The fourth-order valence-electron chi connectivity index (χ4n) is 17.5. The molecule has 2 aromatic heterocycles. The second-order valence-corrected chi connectivity index (χ2v) is 30.3. The predicted molar refractivity (Wildman–Crippen MR) is 403 cm³/mol. The molecule has 0 spiro atoms. The van der Waals surface area contributed by atoms with Gasteiger partial charge in [0.25, 0.3) is 6.71 Å². The van der Waals surface area contributed by atoms with Gasteiger partial charge in [-0.1, -0.05) is 231 Å². The number of rotatable bonds is 9. The molecule has 0 fully saturated rings. The van der Waals surface area contributed by atoms with Gasteiger partial charge in [-0.3, -0.25) is 0 Å². The van der Waals surface area contributed by atoms with Gasteiger partial charge < -0.3 is 18.9 Å². The van der Waals surface area contributed by atoms with Crippen molar-refractivity contribution in [2.45, 2.75) is 124 Å². The third-order valence-corrected chi connectivity index (χ3v) is 22.4. The molecule has 464 valence electrons. The van der Waals surface area contributed by atoms with E-state index in [1.807, 2.05) is 0 Å². The van der Waals surface area contributed by atoms with Crippen LogP contribution >= 0.6 is 0 Å². The number of allylic oxidation sites excluding steroid dienone is 4. The summed E-state index contributed by atoms with van der Waals surface area (Å²) < 4.78 is 5.10. The van der Waals surface area contributed by atoms with E-state index in [-0.39, 0.29) is 29.5 Å². The molecule has 4 heterocycles. The van der Waals surface area contributed by atoms with E-state index in [2.05, 4.69) is 317 Å². The zero-order valence-electron chi connectivity index (χ0n) is 56.0. The number of hydrogen-bond donors (Lipinski definition) is 0. The number of hydrogen-bond acceptors (Lipinski definition) is 2. The number of fused-ring (bicyclic) bond motifs is 10. The summed E-state index contributed by atoms with van der Waals surface area (Å²) in [6, 6.07) is 84.6. The second kappa shape index (κ2) is 22.7. The van der Waals surface area contributed by atoms with Crippen molar-refractivity contribution in [3.8, 4) is 33.6 Å². The van der Waals surface area contributed by atoms with Gasteiger partial charge in [0.15, 0.2) is 0 Å². The Morgan fingerprint density at radius 1 is 0.500 bits per heavy atom. The molecule has 0 radical (unpaired) electrons. The summed E-state index contributed by atoms with van der Waals surface area (Å²) in [7, 11) is 0. The first-order valence-corrected chi connectivity index (χ1v) is 35.1. The molecule has 94 heavy (non-hydrogen) atoms. The fourth-order valence-corrected chi connectivity index (χ4v) is 17.5. The summed E-state index contributed by atoms with van der Waals surface area (Å²) in [5.41, 5.74) is 28.5. The normalized spacial score (nSPS) is 18.8. The molecule has 3 aliphatic carbocycles. The van der Waals surface area contributed by atoms with Crippen molar-refractivity contribution in [1.82, 2.24) is 9.13 Å². The van der Waals surface area contributed by atoms with Gasteiger partial charge in [0.05, 0.1) is 33.8 Å².